The Bertz CT molecular complexity index is 1650. The van der Waals surface area contributed by atoms with E-state index in [1.54, 1.807) is 65.0 Å². The third-order valence-corrected chi connectivity index (χ3v) is 9.45. The van der Waals surface area contributed by atoms with E-state index in [0.717, 1.165) is 5.56 Å². The van der Waals surface area contributed by atoms with Gasteiger partial charge in [-0.25, -0.2) is 9.59 Å². The van der Waals surface area contributed by atoms with Gasteiger partial charge in [0.25, 0.3) is 0 Å². The monoisotopic (exact) mass is 800 g/mol. The topological polar surface area (TPSA) is 171 Å². The number of ether oxygens (including phenoxy) is 13. The Hall–Kier alpha value is -3.97. The summed E-state index contributed by atoms with van der Waals surface area (Å²) in [7, 11) is 0. The van der Waals surface area contributed by atoms with Crippen LogP contribution in [0.25, 0.3) is 0 Å². The fourth-order valence-electron chi connectivity index (χ4n) is 7.16. The summed E-state index contributed by atoms with van der Waals surface area (Å²) in [5.41, 5.74) is 1.22. The van der Waals surface area contributed by atoms with Gasteiger partial charge in [0.1, 0.15) is 55.9 Å². The molecular formula is C41H52O16. The van der Waals surface area contributed by atoms with Crippen molar-refractivity contribution in [2.45, 2.75) is 127 Å². The molecule has 0 unspecified atom stereocenters. The summed E-state index contributed by atoms with van der Waals surface area (Å²) >= 11 is 0. The van der Waals surface area contributed by atoms with Crippen LogP contribution in [0.5, 0.6) is 0 Å². The number of carbonyl (C=O) groups is 3. The molecule has 16 heteroatoms. The first-order valence-electron chi connectivity index (χ1n) is 19.0. The van der Waals surface area contributed by atoms with Crippen molar-refractivity contribution < 1.29 is 76.0 Å². The lowest BCUT2D eigenvalue weighted by molar-refractivity contribution is -0.333. The minimum atomic E-state index is -1.42. The van der Waals surface area contributed by atoms with Gasteiger partial charge in [-0.2, -0.15) is 0 Å². The van der Waals surface area contributed by atoms with E-state index in [4.69, 9.17) is 61.6 Å². The van der Waals surface area contributed by atoms with Crippen LogP contribution < -0.4 is 0 Å². The quantitative estimate of drug-likeness (QED) is 0.130. The molecule has 57 heavy (non-hydrogen) atoms. The van der Waals surface area contributed by atoms with Crippen LogP contribution in [-0.4, -0.2) is 118 Å². The molecule has 4 aliphatic heterocycles. The van der Waals surface area contributed by atoms with Gasteiger partial charge in [-0.15, -0.1) is 0 Å². The Kier molecular flexibility index (Phi) is 14.0. The molecule has 4 fully saturated rings. The number of hydrogen-bond acceptors (Lipinski definition) is 16. The van der Waals surface area contributed by atoms with Gasteiger partial charge >= 0.3 is 18.1 Å². The van der Waals surface area contributed by atoms with Crippen molar-refractivity contribution in [2.24, 2.45) is 0 Å². The van der Waals surface area contributed by atoms with E-state index in [9.17, 15) is 14.4 Å². The summed E-state index contributed by atoms with van der Waals surface area (Å²) in [6, 6.07) is 17.9. The van der Waals surface area contributed by atoms with Gasteiger partial charge in [0.2, 0.25) is 0 Å². The van der Waals surface area contributed by atoms with E-state index in [2.05, 4.69) is 6.58 Å². The van der Waals surface area contributed by atoms with Crippen molar-refractivity contribution in [2.75, 3.05) is 26.4 Å². The third-order valence-electron chi connectivity index (χ3n) is 9.45. The highest BCUT2D eigenvalue weighted by Gasteiger charge is 2.61. The van der Waals surface area contributed by atoms with Crippen LogP contribution in [-0.2, 0) is 77.8 Å². The number of rotatable bonds is 16. The summed E-state index contributed by atoms with van der Waals surface area (Å²) in [6.07, 6.45) is -11.0. The highest BCUT2D eigenvalue weighted by atomic mass is 16.9. The van der Waals surface area contributed by atoms with Crippen LogP contribution in [0.2, 0.25) is 0 Å². The Morgan fingerprint density at radius 3 is 2.11 bits per heavy atom. The van der Waals surface area contributed by atoms with E-state index >= 15 is 0 Å². The fraction of sp³-hybridized carbons (Fsp3) is 0.585. The molecule has 4 aliphatic rings. The molecule has 2 aromatic rings. The van der Waals surface area contributed by atoms with Gasteiger partial charge in [-0.05, 0) is 45.7 Å². The van der Waals surface area contributed by atoms with Gasteiger partial charge in [0, 0.05) is 6.92 Å². The fourth-order valence-corrected chi connectivity index (χ4v) is 7.16. The number of hydrogen-bond donors (Lipinski definition) is 0. The summed E-state index contributed by atoms with van der Waals surface area (Å²) in [5.74, 6) is -3.26. The zero-order valence-corrected chi connectivity index (χ0v) is 33.0. The van der Waals surface area contributed by atoms with Gasteiger partial charge in [-0.1, -0.05) is 73.3 Å². The Morgan fingerprint density at radius 2 is 1.42 bits per heavy atom. The van der Waals surface area contributed by atoms with E-state index in [-0.39, 0.29) is 33.0 Å². The largest absolute Gasteiger partial charge is 0.509 e. The minimum Gasteiger partial charge on any atom is -0.464 e. The van der Waals surface area contributed by atoms with Crippen molar-refractivity contribution in [1.29, 1.82) is 0 Å². The average molecular weight is 801 g/mol. The molecule has 16 nitrogen and oxygen atoms in total. The van der Waals surface area contributed by atoms with Crippen LogP contribution >= 0.6 is 0 Å². The van der Waals surface area contributed by atoms with Crippen molar-refractivity contribution in [3.8, 4) is 0 Å². The lowest BCUT2D eigenvalue weighted by atomic mass is 9.97. The lowest BCUT2D eigenvalue weighted by Gasteiger charge is -2.46. The molecule has 2 aromatic carbocycles. The van der Waals surface area contributed by atoms with Crippen molar-refractivity contribution in [3.05, 3.63) is 84.4 Å². The van der Waals surface area contributed by atoms with E-state index in [0.29, 0.717) is 5.56 Å². The van der Waals surface area contributed by atoms with Crippen LogP contribution in [0.15, 0.2) is 73.3 Å². The van der Waals surface area contributed by atoms with Crippen LogP contribution in [0, 0.1) is 0 Å². The SMILES string of the molecule is C=CCOC(=O)O[C@@H]1[C@@H](O[C@H](C(=O)OCC)c2ccccc2)[C@@H](OC[C@H]2O[C@@H]3OC(C)(C)O[C@@H]3[C@H]3OC(C)(C)O[C@H]32)O[C@H](COC(C)=O)[C@H]1OCc1ccccc1. The zero-order valence-electron chi connectivity index (χ0n) is 33.0. The maximum Gasteiger partial charge on any atom is 0.509 e. The lowest BCUT2D eigenvalue weighted by Crippen LogP contribution is -2.63. The van der Waals surface area contributed by atoms with E-state index in [1.807, 2.05) is 30.3 Å². The molecule has 0 spiro atoms. The van der Waals surface area contributed by atoms with E-state index in [1.165, 1.54) is 13.0 Å². The van der Waals surface area contributed by atoms with Crippen LogP contribution in [0.1, 0.15) is 58.8 Å². The van der Waals surface area contributed by atoms with Crippen molar-refractivity contribution in [1.82, 2.24) is 0 Å². The number of benzene rings is 2. The van der Waals surface area contributed by atoms with Crippen LogP contribution in [0.3, 0.4) is 0 Å². The van der Waals surface area contributed by atoms with Gasteiger partial charge < -0.3 is 61.6 Å². The van der Waals surface area contributed by atoms with Gasteiger partial charge in [0.15, 0.2) is 36.4 Å². The molecule has 0 aliphatic carbocycles. The maximum absolute atomic E-state index is 13.6. The first-order valence-corrected chi connectivity index (χ1v) is 19.0. The summed E-state index contributed by atoms with van der Waals surface area (Å²) in [5, 5.41) is 0. The molecule has 0 saturated carbocycles. The summed E-state index contributed by atoms with van der Waals surface area (Å²) in [4.78, 5) is 39.1. The predicted molar refractivity (Wildman–Crippen MR) is 196 cm³/mol. The molecule has 0 radical (unpaired) electrons. The second kappa shape index (κ2) is 18.7. The average Bonchev–Trinajstić information content (AvgIpc) is 3.68. The molecule has 0 amide bonds. The summed E-state index contributed by atoms with van der Waals surface area (Å²) in [6.45, 7) is 13.0. The molecular weight excluding hydrogens is 748 g/mol. The Balaban J connectivity index is 1.37. The smallest absolute Gasteiger partial charge is 0.464 e. The molecule has 6 rings (SSSR count). The maximum atomic E-state index is 13.6. The van der Waals surface area contributed by atoms with Gasteiger partial charge in [-0.3, -0.25) is 4.79 Å². The molecule has 0 aromatic heterocycles. The number of carbonyl (C=O) groups excluding carboxylic acids is 3. The molecule has 11 atom stereocenters. The second-order valence-corrected chi connectivity index (χ2v) is 14.7. The Labute approximate surface area is 331 Å². The van der Waals surface area contributed by atoms with E-state index < -0.39 is 97.2 Å². The summed E-state index contributed by atoms with van der Waals surface area (Å²) < 4.78 is 79.5. The van der Waals surface area contributed by atoms with Crippen LogP contribution in [0.4, 0.5) is 4.79 Å². The minimum absolute atomic E-state index is 0.0261. The molecule has 0 N–H and O–H groups in total. The predicted octanol–water partition coefficient (Wildman–Crippen LogP) is 4.67. The molecule has 0 bridgehead atoms. The standard InChI is InChI=1S/C41H52O16/c1-8-20-46-39(44)53-32-30(48-21-25-16-12-10-13-17-25)27(22-47-24(3)42)50-37(34(32)52-29(36(43)45-9-2)26-18-14-11-15-19-26)49-23-28-31-33(55-40(4,5)54-31)35-38(51-28)57-41(6,7)56-35/h8,10-19,27-35,37-38H,1,9,20-23H2,2-7H3/t27-,28-,29+,30-,31+,32+,33+,34-,35-,37+,38-/m1/s1. The van der Waals surface area contributed by atoms with Crippen molar-refractivity contribution in [3.63, 3.8) is 0 Å². The first-order chi connectivity index (χ1) is 27.3. The molecule has 4 saturated heterocycles. The van der Waals surface area contributed by atoms with Crippen molar-refractivity contribution >= 4 is 18.1 Å². The second-order valence-electron chi connectivity index (χ2n) is 14.7. The first kappa shape index (κ1) is 42.6. The number of esters is 2. The zero-order chi connectivity index (χ0) is 40.7. The Morgan fingerprint density at radius 1 is 0.754 bits per heavy atom. The normalized spacial score (nSPS) is 31.6. The van der Waals surface area contributed by atoms with Gasteiger partial charge in [0.05, 0.1) is 19.8 Å². The molecule has 312 valence electrons. The highest BCUT2D eigenvalue weighted by molar-refractivity contribution is 5.76. The number of fused-ring (bicyclic) bond motifs is 3. The highest BCUT2D eigenvalue weighted by Crippen LogP contribution is 2.44. The third kappa shape index (κ3) is 10.8. The molecule has 4 heterocycles.